The molecule has 0 spiro atoms. The lowest BCUT2D eigenvalue weighted by Crippen LogP contribution is -2.12. The lowest BCUT2D eigenvalue weighted by Gasteiger charge is -2.16. The zero-order chi connectivity index (χ0) is 17.2. The minimum absolute atomic E-state index is 0.0740. The zero-order valence-electron chi connectivity index (χ0n) is 14.0. The number of carbonyl (C=O) groups is 1. The summed E-state index contributed by atoms with van der Waals surface area (Å²) in [5.74, 6) is 0.184. The molecule has 2 rings (SSSR count). The summed E-state index contributed by atoms with van der Waals surface area (Å²) >= 11 is 0. The molecular weight excluding hydrogens is 304 g/mol. The van der Waals surface area contributed by atoms with Crippen molar-refractivity contribution < 1.29 is 19.4 Å². The number of esters is 1. The maximum Gasteiger partial charge on any atom is 0.308 e. The van der Waals surface area contributed by atoms with Crippen molar-refractivity contribution in [1.82, 2.24) is 0 Å². The highest BCUT2D eigenvalue weighted by molar-refractivity contribution is 5.70. The monoisotopic (exact) mass is 328 g/mol. The van der Waals surface area contributed by atoms with Crippen molar-refractivity contribution in [2.75, 3.05) is 6.61 Å². The third kappa shape index (κ3) is 5.70. The highest BCUT2D eigenvalue weighted by Crippen LogP contribution is 2.28. The van der Waals surface area contributed by atoms with Gasteiger partial charge in [-0.05, 0) is 18.1 Å². The first kappa shape index (κ1) is 18.0. The molecule has 0 aliphatic rings. The van der Waals surface area contributed by atoms with E-state index in [0.717, 1.165) is 18.4 Å². The molecule has 0 aliphatic heterocycles. The number of rotatable bonds is 9. The molecule has 1 N–H and O–H groups in total. The van der Waals surface area contributed by atoms with Crippen molar-refractivity contribution in [3.63, 3.8) is 0 Å². The third-order valence-electron chi connectivity index (χ3n) is 3.64. The van der Waals surface area contributed by atoms with Crippen LogP contribution in [0.15, 0.2) is 54.6 Å². The predicted molar refractivity (Wildman–Crippen MR) is 92.7 cm³/mol. The molecule has 2 aromatic carbocycles. The Morgan fingerprint density at radius 2 is 1.79 bits per heavy atom. The molecule has 128 valence electrons. The van der Waals surface area contributed by atoms with E-state index in [-0.39, 0.29) is 6.42 Å². The van der Waals surface area contributed by atoms with Crippen molar-refractivity contribution in [2.45, 2.75) is 38.9 Å². The van der Waals surface area contributed by atoms with Crippen molar-refractivity contribution in [3.05, 3.63) is 65.7 Å². The number of hydrogen-bond acceptors (Lipinski definition) is 4. The molecule has 0 aromatic heterocycles. The van der Waals surface area contributed by atoms with Gasteiger partial charge in [0.25, 0.3) is 0 Å². The molecule has 1 atom stereocenters. The SMILES string of the molecule is CCCCOC(=O)CC(O)c1ccccc1OCc1ccccc1. The van der Waals surface area contributed by atoms with Crippen molar-refractivity contribution in [3.8, 4) is 5.75 Å². The first-order chi connectivity index (χ1) is 11.7. The normalized spacial score (nSPS) is 11.8. The minimum atomic E-state index is -0.939. The standard InChI is InChI=1S/C20H24O4/c1-2-3-13-23-20(22)14-18(21)17-11-7-8-12-19(17)24-15-16-9-5-4-6-10-16/h4-12,18,21H,2-3,13-15H2,1H3. The van der Waals surface area contributed by atoms with E-state index < -0.39 is 12.1 Å². The molecule has 4 heteroatoms. The zero-order valence-corrected chi connectivity index (χ0v) is 14.0. The quantitative estimate of drug-likeness (QED) is 0.558. The van der Waals surface area contributed by atoms with Crippen LogP contribution in [-0.2, 0) is 16.1 Å². The van der Waals surface area contributed by atoms with Crippen LogP contribution < -0.4 is 4.74 Å². The van der Waals surface area contributed by atoms with E-state index in [1.54, 1.807) is 12.1 Å². The molecule has 0 amide bonds. The Hall–Kier alpha value is -2.33. The molecule has 0 saturated carbocycles. The fourth-order valence-electron chi connectivity index (χ4n) is 2.28. The summed E-state index contributed by atoms with van der Waals surface area (Å²) in [4.78, 5) is 11.8. The number of para-hydroxylation sites is 1. The Balaban J connectivity index is 1.95. The molecule has 4 nitrogen and oxygen atoms in total. The molecule has 0 bridgehead atoms. The van der Waals surface area contributed by atoms with Gasteiger partial charge in [-0.3, -0.25) is 4.79 Å². The number of carbonyl (C=O) groups excluding carboxylic acids is 1. The van der Waals surface area contributed by atoms with Gasteiger partial charge in [0.2, 0.25) is 0 Å². The summed E-state index contributed by atoms with van der Waals surface area (Å²) in [7, 11) is 0. The van der Waals surface area contributed by atoms with Gasteiger partial charge in [-0.15, -0.1) is 0 Å². The van der Waals surface area contributed by atoms with E-state index in [2.05, 4.69) is 0 Å². The van der Waals surface area contributed by atoms with Crippen molar-refractivity contribution >= 4 is 5.97 Å². The van der Waals surface area contributed by atoms with E-state index in [1.165, 1.54) is 0 Å². The average Bonchev–Trinajstić information content (AvgIpc) is 2.61. The molecule has 0 aliphatic carbocycles. The Morgan fingerprint density at radius 1 is 1.08 bits per heavy atom. The second-order valence-electron chi connectivity index (χ2n) is 5.61. The molecular formula is C20H24O4. The van der Waals surface area contributed by atoms with Crippen molar-refractivity contribution in [1.29, 1.82) is 0 Å². The molecule has 2 aromatic rings. The van der Waals surface area contributed by atoms with Crippen LogP contribution in [0.2, 0.25) is 0 Å². The summed E-state index contributed by atoms with van der Waals surface area (Å²) < 4.78 is 10.9. The number of aliphatic hydroxyl groups is 1. The molecule has 24 heavy (non-hydrogen) atoms. The average molecular weight is 328 g/mol. The highest BCUT2D eigenvalue weighted by atomic mass is 16.5. The molecule has 0 heterocycles. The summed E-state index contributed by atoms with van der Waals surface area (Å²) in [6, 6.07) is 17.0. The second kappa shape index (κ2) is 9.73. The Morgan fingerprint density at radius 3 is 2.54 bits per heavy atom. The molecule has 1 unspecified atom stereocenters. The van der Waals surface area contributed by atoms with Gasteiger partial charge in [0.05, 0.1) is 19.1 Å². The third-order valence-corrected chi connectivity index (χ3v) is 3.64. The first-order valence-electron chi connectivity index (χ1n) is 8.30. The van der Waals surface area contributed by atoms with Crippen LogP contribution in [0.25, 0.3) is 0 Å². The maximum absolute atomic E-state index is 11.8. The number of aliphatic hydroxyl groups excluding tert-OH is 1. The summed E-state index contributed by atoms with van der Waals surface area (Å²) in [5.41, 5.74) is 1.64. The lowest BCUT2D eigenvalue weighted by molar-refractivity contribution is -0.146. The Kier molecular flexibility index (Phi) is 7.30. The largest absolute Gasteiger partial charge is 0.489 e. The smallest absolute Gasteiger partial charge is 0.308 e. The van der Waals surface area contributed by atoms with Gasteiger partial charge < -0.3 is 14.6 Å². The van der Waals surface area contributed by atoms with Crippen molar-refractivity contribution in [2.24, 2.45) is 0 Å². The fourth-order valence-corrected chi connectivity index (χ4v) is 2.28. The van der Waals surface area contributed by atoms with Gasteiger partial charge in [-0.25, -0.2) is 0 Å². The van der Waals surface area contributed by atoms with E-state index in [4.69, 9.17) is 9.47 Å². The van der Waals surface area contributed by atoms with Gasteiger partial charge in [0, 0.05) is 5.56 Å². The maximum atomic E-state index is 11.8. The van der Waals surface area contributed by atoms with Crippen LogP contribution in [-0.4, -0.2) is 17.7 Å². The lowest BCUT2D eigenvalue weighted by atomic mass is 10.1. The van der Waals surface area contributed by atoms with Gasteiger partial charge in [0.1, 0.15) is 12.4 Å². The minimum Gasteiger partial charge on any atom is -0.489 e. The van der Waals surface area contributed by atoms with Gasteiger partial charge >= 0.3 is 5.97 Å². The first-order valence-corrected chi connectivity index (χ1v) is 8.30. The van der Waals surface area contributed by atoms with Crippen LogP contribution in [0.1, 0.15) is 43.4 Å². The number of hydrogen-bond donors (Lipinski definition) is 1. The predicted octanol–water partition coefficient (Wildman–Crippen LogP) is 4.03. The van der Waals surface area contributed by atoms with Crippen LogP contribution in [0.5, 0.6) is 5.75 Å². The second-order valence-corrected chi connectivity index (χ2v) is 5.61. The molecule has 0 fully saturated rings. The summed E-state index contributed by atoms with van der Waals surface area (Å²) in [5, 5.41) is 10.3. The Bertz CT molecular complexity index is 625. The van der Waals surface area contributed by atoms with Crippen LogP contribution in [0.3, 0.4) is 0 Å². The fraction of sp³-hybridized carbons (Fsp3) is 0.350. The van der Waals surface area contributed by atoms with Crippen LogP contribution >= 0.6 is 0 Å². The number of unbranched alkanes of at least 4 members (excludes halogenated alkanes) is 1. The van der Waals surface area contributed by atoms with Gasteiger partial charge in [0.15, 0.2) is 0 Å². The van der Waals surface area contributed by atoms with Gasteiger partial charge in [-0.2, -0.15) is 0 Å². The van der Waals surface area contributed by atoms with E-state index in [9.17, 15) is 9.90 Å². The van der Waals surface area contributed by atoms with E-state index in [0.29, 0.717) is 24.5 Å². The number of ether oxygens (including phenoxy) is 2. The van der Waals surface area contributed by atoms with Crippen LogP contribution in [0.4, 0.5) is 0 Å². The van der Waals surface area contributed by atoms with Gasteiger partial charge in [-0.1, -0.05) is 61.9 Å². The highest BCUT2D eigenvalue weighted by Gasteiger charge is 2.18. The van der Waals surface area contributed by atoms with E-state index >= 15 is 0 Å². The number of benzene rings is 2. The molecule has 0 radical (unpaired) electrons. The van der Waals surface area contributed by atoms with Crippen LogP contribution in [0, 0.1) is 0 Å². The summed E-state index contributed by atoms with van der Waals surface area (Å²) in [6.07, 6.45) is 0.783. The molecule has 0 saturated heterocycles. The topological polar surface area (TPSA) is 55.8 Å². The Labute approximate surface area is 143 Å². The van der Waals surface area contributed by atoms with E-state index in [1.807, 2.05) is 49.4 Å². The summed E-state index contributed by atoms with van der Waals surface area (Å²) in [6.45, 7) is 2.84.